The summed E-state index contributed by atoms with van der Waals surface area (Å²) in [5.74, 6) is 0.843. The van der Waals surface area contributed by atoms with Crippen molar-refractivity contribution in [1.29, 1.82) is 0 Å². The molecule has 0 aromatic heterocycles. The predicted octanol–water partition coefficient (Wildman–Crippen LogP) is 3.31. The first-order valence-electron chi connectivity index (χ1n) is 7.54. The minimum absolute atomic E-state index is 0. The number of nitrogens with one attached hydrogen (secondary N) is 1. The van der Waals surface area contributed by atoms with E-state index in [2.05, 4.69) is 31.0 Å². The van der Waals surface area contributed by atoms with Crippen molar-refractivity contribution in [2.45, 2.75) is 58.9 Å². The van der Waals surface area contributed by atoms with Gasteiger partial charge >= 0.3 is 0 Å². The van der Waals surface area contributed by atoms with Gasteiger partial charge in [-0.25, -0.2) is 0 Å². The van der Waals surface area contributed by atoms with Gasteiger partial charge in [0.25, 0.3) is 0 Å². The first-order chi connectivity index (χ1) is 8.09. The van der Waals surface area contributed by atoms with Gasteiger partial charge in [-0.05, 0) is 50.1 Å². The largest absolute Gasteiger partial charge is 0.316 e. The summed E-state index contributed by atoms with van der Waals surface area (Å²) in [6.07, 6.45) is 7.05. The van der Waals surface area contributed by atoms with Crippen LogP contribution in [0.25, 0.3) is 0 Å². The molecule has 0 aromatic carbocycles. The SMILES string of the molecule is CC(C)CC1CCCCN1CC1(C)CCNC1.Cl. The maximum atomic E-state index is 3.53. The first kappa shape index (κ1) is 16.3. The van der Waals surface area contributed by atoms with Crippen molar-refractivity contribution in [2.75, 3.05) is 26.2 Å². The smallest absolute Gasteiger partial charge is 0.00979 e. The van der Waals surface area contributed by atoms with Crippen molar-refractivity contribution in [2.24, 2.45) is 11.3 Å². The molecular weight excluding hydrogens is 244 g/mol. The summed E-state index contributed by atoms with van der Waals surface area (Å²) in [6, 6.07) is 0.862. The highest BCUT2D eigenvalue weighted by molar-refractivity contribution is 5.85. The lowest BCUT2D eigenvalue weighted by molar-refractivity contribution is 0.0837. The highest BCUT2D eigenvalue weighted by Crippen LogP contribution is 2.30. The van der Waals surface area contributed by atoms with Gasteiger partial charge in [-0.15, -0.1) is 12.4 Å². The second-order valence-corrected chi connectivity index (χ2v) is 6.99. The van der Waals surface area contributed by atoms with E-state index in [1.54, 1.807) is 0 Å². The molecule has 0 spiro atoms. The van der Waals surface area contributed by atoms with Gasteiger partial charge in [0, 0.05) is 19.1 Å². The Bertz CT molecular complexity index is 237. The van der Waals surface area contributed by atoms with E-state index in [1.807, 2.05) is 0 Å². The molecule has 18 heavy (non-hydrogen) atoms. The molecule has 3 heteroatoms. The Morgan fingerprint density at radius 1 is 1.33 bits per heavy atom. The second kappa shape index (κ2) is 7.12. The summed E-state index contributed by atoms with van der Waals surface area (Å²) < 4.78 is 0. The zero-order valence-corrected chi connectivity index (χ0v) is 13.2. The number of rotatable bonds is 4. The fraction of sp³-hybridized carbons (Fsp3) is 1.00. The van der Waals surface area contributed by atoms with E-state index in [4.69, 9.17) is 0 Å². The van der Waals surface area contributed by atoms with Crippen LogP contribution in [0.3, 0.4) is 0 Å². The third kappa shape index (κ3) is 4.40. The topological polar surface area (TPSA) is 15.3 Å². The highest BCUT2D eigenvalue weighted by Gasteiger charge is 2.33. The van der Waals surface area contributed by atoms with Crippen molar-refractivity contribution < 1.29 is 0 Å². The van der Waals surface area contributed by atoms with Crippen LogP contribution in [0, 0.1) is 11.3 Å². The summed E-state index contributed by atoms with van der Waals surface area (Å²) >= 11 is 0. The van der Waals surface area contributed by atoms with Gasteiger partial charge in [0.05, 0.1) is 0 Å². The van der Waals surface area contributed by atoms with Crippen LogP contribution in [0.1, 0.15) is 52.9 Å². The van der Waals surface area contributed by atoms with Crippen molar-refractivity contribution in [3.05, 3.63) is 0 Å². The molecule has 0 bridgehead atoms. The number of piperidine rings is 1. The predicted molar refractivity (Wildman–Crippen MR) is 81.5 cm³/mol. The minimum Gasteiger partial charge on any atom is -0.316 e. The maximum Gasteiger partial charge on any atom is 0.00979 e. The van der Waals surface area contributed by atoms with Crippen molar-refractivity contribution in [3.8, 4) is 0 Å². The van der Waals surface area contributed by atoms with Gasteiger partial charge in [-0.2, -0.15) is 0 Å². The average Bonchev–Trinajstić information content (AvgIpc) is 2.67. The molecule has 2 aliphatic heterocycles. The molecular formula is C15H31ClN2. The molecule has 0 amide bonds. The van der Waals surface area contributed by atoms with Gasteiger partial charge < -0.3 is 5.32 Å². The average molecular weight is 275 g/mol. The normalized spacial score (nSPS) is 33.7. The van der Waals surface area contributed by atoms with Crippen LogP contribution in [0.2, 0.25) is 0 Å². The Kier molecular flexibility index (Phi) is 6.43. The molecule has 1 N–H and O–H groups in total. The Balaban J connectivity index is 0.00000162. The van der Waals surface area contributed by atoms with Crippen LogP contribution in [0.5, 0.6) is 0 Å². The maximum absolute atomic E-state index is 3.53. The molecule has 2 aliphatic rings. The Morgan fingerprint density at radius 2 is 2.11 bits per heavy atom. The Morgan fingerprint density at radius 3 is 2.72 bits per heavy atom. The summed E-state index contributed by atoms with van der Waals surface area (Å²) in [7, 11) is 0. The lowest BCUT2D eigenvalue weighted by Crippen LogP contribution is -2.46. The molecule has 2 heterocycles. The van der Waals surface area contributed by atoms with Crippen LogP contribution in [0.15, 0.2) is 0 Å². The minimum atomic E-state index is 0. The summed E-state index contributed by atoms with van der Waals surface area (Å²) in [4.78, 5) is 2.80. The third-order valence-electron chi connectivity index (χ3n) is 4.53. The quantitative estimate of drug-likeness (QED) is 0.846. The number of hydrogen-bond acceptors (Lipinski definition) is 2. The van der Waals surface area contributed by atoms with Crippen LogP contribution in [0.4, 0.5) is 0 Å². The second-order valence-electron chi connectivity index (χ2n) is 6.99. The Hall–Kier alpha value is 0.210. The zero-order chi connectivity index (χ0) is 12.3. The van der Waals surface area contributed by atoms with E-state index in [9.17, 15) is 0 Å². The zero-order valence-electron chi connectivity index (χ0n) is 12.4. The van der Waals surface area contributed by atoms with E-state index in [0.29, 0.717) is 5.41 Å². The molecule has 0 radical (unpaired) electrons. The number of nitrogens with zero attached hydrogens (tertiary/aromatic N) is 1. The van der Waals surface area contributed by atoms with Gasteiger partial charge in [-0.1, -0.05) is 27.2 Å². The highest BCUT2D eigenvalue weighted by atomic mass is 35.5. The molecule has 2 nitrogen and oxygen atoms in total. The van der Waals surface area contributed by atoms with E-state index in [0.717, 1.165) is 12.0 Å². The molecule has 2 fully saturated rings. The molecule has 0 saturated carbocycles. The molecule has 2 atom stereocenters. The third-order valence-corrected chi connectivity index (χ3v) is 4.53. The molecule has 0 aromatic rings. The summed E-state index contributed by atoms with van der Waals surface area (Å²) in [5.41, 5.74) is 0.534. The van der Waals surface area contributed by atoms with Crippen molar-refractivity contribution in [3.63, 3.8) is 0 Å². The van der Waals surface area contributed by atoms with Gasteiger partial charge in [-0.3, -0.25) is 4.90 Å². The first-order valence-corrected chi connectivity index (χ1v) is 7.54. The van der Waals surface area contributed by atoms with Crippen LogP contribution < -0.4 is 5.32 Å². The summed E-state index contributed by atoms with van der Waals surface area (Å²) in [6.45, 7) is 12.3. The number of likely N-dealkylation sites (tertiary alicyclic amines) is 1. The van der Waals surface area contributed by atoms with Crippen molar-refractivity contribution in [1.82, 2.24) is 10.2 Å². The monoisotopic (exact) mass is 274 g/mol. The van der Waals surface area contributed by atoms with Gasteiger partial charge in [0.1, 0.15) is 0 Å². The Labute approximate surface area is 119 Å². The lowest BCUT2D eigenvalue weighted by Gasteiger charge is -2.41. The van der Waals surface area contributed by atoms with E-state index in [1.165, 1.54) is 58.3 Å². The fourth-order valence-electron chi connectivity index (χ4n) is 3.57. The summed E-state index contributed by atoms with van der Waals surface area (Å²) in [5, 5.41) is 3.53. The molecule has 108 valence electrons. The van der Waals surface area contributed by atoms with Crippen LogP contribution in [-0.4, -0.2) is 37.1 Å². The van der Waals surface area contributed by atoms with E-state index < -0.39 is 0 Å². The number of halogens is 1. The van der Waals surface area contributed by atoms with E-state index >= 15 is 0 Å². The van der Waals surface area contributed by atoms with Crippen LogP contribution in [-0.2, 0) is 0 Å². The standard InChI is InChI=1S/C15H30N2.ClH/c1-13(2)10-14-6-4-5-9-17(14)12-15(3)7-8-16-11-15;/h13-14,16H,4-12H2,1-3H3;1H. The number of hydrogen-bond donors (Lipinski definition) is 1. The molecule has 2 saturated heterocycles. The molecule has 2 rings (SSSR count). The van der Waals surface area contributed by atoms with Crippen molar-refractivity contribution >= 4 is 12.4 Å². The fourth-order valence-corrected chi connectivity index (χ4v) is 3.57. The van der Waals surface area contributed by atoms with E-state index in [-0.39, 0.29) is 12.4 Å². The lowest BCUT2D eigenvalue weighted by atomic mass is 9.86. The van der Waals surface area contributed by atoms with Gasteiger partial charge in [0.2, 0.25) is 0 Å². The van der Waals surface area contributed by atoms with Crippen LogP contribution >= 0.6 is 12.4 Å². The van der Waals surface area contributed by atoms with Gasteiger partial charge in [0.15, 0.2) is 0 Å². The molecule has 0 aliphatic carbocycles. The molecule has 2 unspecified atom stereocenters.